The zero-order valence-corrected chi connectivity index (χ0v) is 14.4. The second kappa shape index (κ2) is 6.73. The number of imidazole rings is 1. The first-order chi connectivity index (χ1) is 9.89. The van der Waals surface area contributed by atoms with Crippen LogP contribution >= 0.6 is 11.3 Å². The Balaban J connectivity index is 2.13. The first kappa shape index (κ1) is 16.2. The van der Waals surface area contributed by atoms with Crippen molar-refractivity contribution < 1.29 is 0 Å². The third kappa shape index (κ3) is 4.40. The fourth-order valence-electron chi connectivity index (χ4n) is 2.72. The van der Waals surface area contributed by atoms with E-state index in [0.717, 1.165) is 18.9 Å². The van der Waals surface area contributed by atoms with Crippen LogP contribution < -0.4 is 5.32 Å². The molecule has 1 N–H and O–H groups in total. The highest BCUT2D eigenvalue weighted by Gasteiger charge is 2.24. The number of rotatable bonds is 7. The van der Waals surface area contributed by atoms with Gasteiger partial charge in [-0.2, -0.15) is 0 Å². The predicted octanol–water partition coefficient (Wildman–Crippen LogP) is 2.75. The second-order valence-corrected chi connectivity index (χ2v) is 7.61. The van der Waals surface area contributed by atoms with Gasteiger partial charge in [0.2, 0.25) is 0 Å². The summed E-state index contributed by atoms with van der Waals surface area (Å²) in [7, 11) is 6.30. The van der Waals surface area contributed by atoms with E-state index in [-0.39, 0.29) is 11.5 Å². The van der Waals surface area contributed by atoms with Crippen LogP contribution in [0.25, 0.3) is 0 Å². The zero-order chi connectivity index (χ0) is 15.5. The molecule has 0 aliphatic heterocycles. The molecule has 0 saturated carbocycles. The quantitative estimate of drug-likeness (QED) is 0.854. The van der Waals surface area contributed by atoms with Gasteiger partial charge in [0.15, 0.2) is 0 Å². The summed E-state index contributed by atoms with van der Waals surface area (Å²) in [4.78, 5) is 8.08. The maximum Gasteiger partial charge on any atom is 0.131 e. The van der Waals surface area contributed by atoms with Gasteiger partial charge in [-0.05, 0) is 31.0 Å². The highest BCUT2D eigenvalue weighted by molar-refractivity contribution is 7.10. The van der Waals surface area contributed by atoms with Crippen LogP contribution in [-0.2, 0) is 7.05 Å². The summed E-state index contributed by atoms with van der Waals surface area (Å²) < 4.78 is 2.09. The topological polar surface area (TPSA) is 33.1 Å². The van der Waals surface area contributed by atoms with Gasteiger partial charge in [-0.3, -0.25) is 0 Å². The van der Waals surface area contributed by atoms with Crippen LogP contribution in [-0.4, -0.2) is 41.6 Å². The summed E-state index contributed by atoms with van der Waals surface area (Å²) in [6.07, 6.45) is 3.87. The molecule has 0 aliphatic rings. The fourth-order valence-corrected chi connectivity index (χ4v) is 3.52. The summed E-state index contributed by atoms with van der Waals surface area (Å²) >= 11 is 1.78. The molecule has 2 rings (SSSR count). The normalized spacial score (nSPS) is 13.8. The number of thiophene rings is 1. The van der Waals surface area contributed by atoms with Crippen molar-refractivity contribution in [2.75, 3.05) is 27.2 Å². The van der Waals surface area contributed by atoms with Gasteiger partial charge in [-0.15, -0.1) is 11.3 Å². The van der Waals surface area contributed by atoms with Crippen LogP contribution in [0.15, 0.2) is 29.9 Å². The van der Waals surface area contributed by atoms with Crippen LogP contribution in [0.2, 0.25) is 0 Å². The van der Waals surface area contributed by atoms with E-state index in [2.05, 4.69) is 72.3 Å². The first-order valence-corrected chi connectivity index (χ1v) is 8.16. The van der Waals surface area contributed by atoms with E-state index in [1.165, 1.54) is 4.88 Å². The lowest BCUT2D eigenvalue weighted by atomic mass is 9.92. The number of nitrogens with zero attached hydrogens (tertiary/aromatic N) is 3. The molecule has 0 fully saturated rings. The van der Waals surface area contributed by atoms with Crippen molar-refractivity contribution in [3.05, 3.63) is 40.6 Å². The van der Waals surface area contributed by atoms with Gasteiger partial charge in [-0.25, -0.2) is 4.98 Å². The van der Waals surface area contributed by atoms with Crippen molar-refractivity contribution in [1.29, 1.82) is 0 Å². The van der Waals surface area contributed by atoms with E-state index >= 15 is 0 Å². The summed E-state index contributed by atoms with van der Waals surface area (Å²) in [5, 5.41) is 5.83. The van der Waals surface area contributed by atoms with E-state index in [1.807, 2.05) is 12.4 Å². The van der Waals surface area contributed by atoms with Crippen LogP contribution in [0.3, 0.4) is 0 Å². The lowest BCUT2D eigenvalue weighted by Gasteiger charge is -2.30. The minimum Gasteiger partial charge on any atom is -0.336 e. The van der Waals surface area contributed by atoms with E-state index in [4.69, 9.17) is 0 Å². The third-order valence-corrected chi connectivity index (χ3v) is 4.41. The molecule has 116 valence electrons. The largest absolute Gasteiger partial charge is 0.336 e. The Labute approximate surface area is 131 Å². The molecule has 5 heteroatoms. The summed E-state index contributed by atoms with van der Waals surface area (Å²) in [5.41, 5.74) is 0.212. The Hall–Kier alpha value is -1.17. The first-order valence-electron chi connectivity index (χ1n) is 7.28. The van der Waals surface area contributed by atoms with Crippen molar-refractivity contribution in [3.63, 3.8) is 0 Å². The van der Waals surface area contributed by atoms with Gasteiger partial charge in [0, 0.05) is 37.4 Å². The van der Waals surface area contributed by atoms with E-state index in [0.29, 0.717) is 0 Å². The molecule has 2 aromatic heterocycles. The lowest BCUT2D eigenvalue weighted by molar-refractivity contribution is 0.227. The van der Waals surface area contributed by atoms with Crippen LogP contribution in [0.1, 0.15) is 30.6 Å². The summed E-state index contributed by atoms with van der Waals surface area (Å²) in [6.45, 7) is 6.59. The molecule has 1 atom stereocenters. The van der Waals surface area contributed by atoms with Gasteiger partial charge >= 0.3 is 0 Å². The van der Waals surface area contributed by atoms with Crippen molar-refractivity contribution in [2.24, 2.45) is 12.5 Å². The van der Waals surface area contributed by atoms with Crippen molar-refractivity contribution >= 4 is 11.3 Å². The van der Waals surface area contributed by atoms with E-state index in [1.54, 1.807) is 11.3 Å². The number of hydrogen-bond donors (Lipinski definition) is 1. The molecule has 0 radical (unpaired) electrons. The minimum absolute atomic E-state index is 0.159. The highest BCUT2D eigenvalue weighted by atomic mass is 32.1. The lowest BCUT2D eigenvalue weighted by Crippen LogP contribution is -2.39. The number of hydrogen-bond acceptors (Lipinski definition) is 4. The minimum atomic E-state index is 0.159. The Morgan fingerprint density at radius 1 is 1.43 bits per heavy atom. The smallest absolute Gasteiger partial charge is 0.131 e. The molecular formula is C16H26N4S. The Morgan fingerprint density at radius 3 is 2.71 bits per heavy atom. The average Bonchev–Trinajstić information content (AvgIpc) is 3.00. The Kier molecular flexibility index (Phi) is 5.19. The monoisotopic (exact) mass is 306 g/mol. The van der Waals surface area contributed by atoms with Gasteiger partial charge in [0.25, 0.3) is 0 Å². The molecule has 0 bridgehead atoms. The molecule has 21 heavy (non-hydrogen) atoms. The molecule has 4 nitrogen and oxygen atoms in total. The van der Waals surface area contributed by atoms with Gasteiger partial charge in [0.1, 0.15) is 11.9 Å². The molecule has 0 aromatic carbocycles. The van der Waals surface area contributed by atoms with E-state index < -0.39 is 0 Å². The fraction of sp³-hybridized carbons (Fsp3) is 0.562. The Bertz CT molecular complexity index is 542. The molecule has 0 spiro atoms. The zero-order valence-electron chi connectivity index (χ0n) is 13.6. The summed E-state index contributed by atoms with van der Waals surface area (Å²) in [6, 6.07) is 4.44. The van der Waals surface area contributed by atoms with Crippen molar-refractivity contribution in [3.8, 4) is 0 Å². The van der Waals surface area contributed by atoms with E-state index in [9.17, 15) is 0 Å². The van der Waals surface area contributed by atoms with Crippen molar-refractivity contribution in [2.45, 2.75) is 19.9 Å². The second-order valence-electron chi connectivity index (χ2n) is 6.63. The summed E-state index contributed by atoms with van der Waals surface area (Å²) in [5.74, 6) is 1.07. The Morgan fingerprint density at radius 2 is 2.19 bits per heavy atom. The molecule has 2 heterocycles. The maximum absolute atomic E-state index is 4.53. The number of aromatic nitrogens is 2. The number of nitrogens with one attached hydrogen (secondary N) is 1. The molecule has 1 unspecified atom stereocenters. The van der Waals surface area contributed by atoms with Gasteiger partial charge in [-0.1, -0.05) is 19.9 Å². The molecular weight excluding hydrogens is 280 g/mol. The van der Waals surface area contributed by atoms with Crippen LogP contribution in [0, 0.1) is 5.41 Å². The SMILES string of the molecule is CN(C)CC(C)(C)CNC(c1cccs1)c1nccn1C. The molecule has 2 aromatic rings. The van der Waals surface area contributed by atoms with Gasteiger partial charge in [0.05, 0.1) is 0 Å². The van der Waals surface area contributed by atoms with Crippen molar-refractivity contribution in [1.82, 2.24) is 19.8 Å². The highest BCUT2D eigenvalue weighted by Crippen LogP contribution is 2.26. The number of aryl methyl sites for hydroxylation is 1. The third-order valence-electron chi connectivity index (χ3n) is 3.47. The maximum atomic E-state index is 4.53. The average molecular weight is 306 g/mol. The van der Waals surface area contributed by atoms with Gasteiger partial charge < -0.3 is 14.8 Å². The molecule has 0 amide bonds. The predicted molar refractivity (Wildman–Crippen MR) is 89.7 cm³/mol. The van der Waals surface area contributed by atoms with Crippen LogP contribution in [0.5, 0.6) is 0 Å². The molecule has 0 aliphatic carbocycles. The standard InChI is InChI=1S/C16H26N4S/c1-16(2,12-19(3)4)11-18-14(13-7-6-10-21-13)15-17-8-9-20(15)5/h6-10,14,18H,11-12H2,1-5H3. The van der Waals surface area contributed by atoms with Crippen LogP contribution in [0.4, 0.5) is 0 Å². The molecule has 0 saturated heterocycles.